The van der Waals surface area contributed by atoms with Crippen LogP contribution < -0.4 is 10.6 Å². The van der Waals surface area contributed by atoms with E-state index in [1.165, 1.54) is 10.1 Å². The zero-order valence-corrected chi connectivity index (χ0v) is 13.5. The monoisotopic (exact) mass is 320 g/mol. The second-order valence-corrected chi connectivity index (χ2v) is 5.66. The van der Waals surface area contributed by atoms with Crippen LogP contribution in [-0.4, -0.2) is 23.1 Å². The molecule has 0 unspecified atom stereocenters. The van der Waals surface area contributed by atoms with Crippen LogP contribution in [0.15, 0.2) is 22.4 Å². The van der Waals surface area contributed by atoms with Crippen LogP contribution in [0.3, 0.4) is 0 Å². The quantitative estimate of drug-likeness (QED) is 0.673. The van der Waals surface area contributed by atoms with Crippen molar-refractivity contribution >= 4 is 23.0 Å². The van der Waals surface area contributed by atoms with Crippen LogP contribution in [0, 0.1) is 22.7 Å². The molecule has 0 fully saturated rings. The predicted octanol–water partition coefficient (Wildman–Crippen LogP) is 2.54. The minimum Gasteiger partial charge on any atom is -0.397 e. The molecule has 8 heteroatoms. The van der Waals surface area contributed by atoms with E-state index in [4.69, 9.17) is 16.3 Å². The van der Waals surface area contributed by atoms with Crippen molar-refractivity contribution in [1.29, 1.82) is 10.5 Å². The van der Waals surface area contributed by atoms with Gasteiger partial charge in [0.15, 0.2) is 11.4 Å². The molecule has 0 aliphatic carbocycles. The molecule has 2 heterocycles. The number of benzene rings is 1. The Labute approximate surface area is 139 Å². The average Bonchev–Trinajstić information content (AvgIpc) is 2.89. The molecule has 1 aromatic heterocycles. The number of hydrogen-bond donors (Lipinski definition) is 1. The summed E-state index contributed by atoms with van der Waals surface area (Å²) in [5.41, 5.74) is 9.67. The Balaban J connectivity index is 1.98. The van der Waals surface area contributed by atoms with Crippen LogP contribution in [-0.2, 0) is 13.5 Å². The summed E-state index contributed by atoms with van der Waals surface area (Å²) in [6.07, 6.45) is 2.06. The fourth-order valence-electron chi connectivity index (χ4n) is 2.79. The van der Waals surface area contributed by atoms with Gasteiger partial charge in [-0.25, -0.2) is 0 Å². The highest BCUT2D eigenvalue weighted by Crippen LogP contribution is 2.35. The van der Waals surface area contributed by atoms with Gasteiger partial charge in [-0.15, -0.1) is 10.2 Å². The maximum Gasteiger partial charge on any atom is 0.251 e. The molecule has 2 aromatic rings. The minimum atomic E-state index is 0.0361. The molecule has 2 N–H and O–H groups in total. The van der Waals surface area contributed by atoms with E-state index >= 15 is 0 Å². The summed E-state index contributed by atoms with van der Waals surface area (Å²) in [6.45, 7) is 1.01. The summed E-state index contributed by atoms with van der Waals surface area (Å²) in [7, 11) is 3.66. The molecule has 8 nitrogen and oxygen atoms in total. The summed E-state index contributed by atoms with van der Waals surface area (Å²) in [5.74, 6) is 0.192. The normalized spacial score (nSPS) is 13.6. The third kappa shape index (κ3) is 2.55. The highest BCUT2D eigenvalue weighted by atomic mass is 15.3. The van der Waals surface area contributed by atoms with Crippen molar-refractivity contribution in [3.05, 3.63) is 29.1 Å². The number of nitriles is 2. The summed E-state index contributed by atoms with van der Waals surface area (Å²) >= 11 is 0. The fraction of sp³-hybridized carbons (Fsp3) is 0.312. The molecule has 1 aromatic carbocycles. The largest absolute Gasteiger partial charge is 0.397 e. The number of nitrogens with zero attached hydrogens (tertiary/aromatic N) is 7. The maximum absolute atomic E-state index is 9.07. The van der Waals surface area contributed by atoms with Gasteiger partial charge in [0.1, 0.15) is 17.8 Å². The number of aryl methyl sites for hydroxylation is 1. The lowest BCUT2D eigenvalue weighted by Gasteiger charge is -2.28. The van der Waals surface area contributed by atoms with E-state index in [9.17, 15) is 0 Å². The van der Waals surface area contributed by atoms with Crippen molar-refractivity contribution in [2.75, 3.05) is 24.2 Å². The van der Waals surface area contributed by atoms with Gasteiger partial charge in [0.05, 0.1) is 5.69 Å². The van der Waals surface area contributed by atoms with Gasteiger partial charge in [-0.3, -0.25) is 0 Å². The Bertz CT molecular complexity index is 910. The molecule has 0 saturated carbocycles. The first-order chi connectivity index (χ1) is 11.5. The summed E-state index contributed by atoms with van der Waals surface area (Å²) in [4.78, 5) is 6.19. The average molecular weight is 320 g/mol. The maximum atomic E-state index is 9.07. The Morgan fingerprint density at radius 1 is 1.21 bits per heavy atom. The lowest BCUT2D eigenvalue weighted by molar-refractivity contribution is 0.745. The van der Waals surface area contributed by atoms with E-state index in [-0.39, 0.29) is 17.3 Å². The molecule has 0 atom stereocenters. The number of rotatable bonds is 2. The van der Waals surface area contributed by atoms with Crippen LogP contribution in [0.25, 0.3) is 0 Å². The molecule has 120 valence electrons. The SMILES string of the molecule is CN1CCCc2cc(N=Nc3nc(C#N)c(C#N)n3C)c(N)cc21. The smallest absolute Gasteiger partial charge is 0.251 e. The van der Waals surface area contributed by atoms with Gasteiger partial charge < -0.3 is 15.2 Å². The van der Waals surface area contributed by atoms with Gasteiger partial charge in [0.2, 0.25) is 0 Å². The molecule has 0 amide bonds. The van der Waals surface area contributed by atoms with Crippen molar-refractivity contribution < 1.29 is 0 Å². The Kier molecular flexibility index (Phi) is 3.88. The highest BCUT2D eigenvalue weighted by molar-refractivity contribution is 5.73. The summed E-state index contributed by atoms with van der Waals surface area (Å²) in [6, 6.07) is 7.65. The van der Waals surface area contributed by atoms with Gasteiger partial charge in [-0.05, 0) is 30.5 Å². The van der Waals surface area contributed by atoms with Crippen molar-refractivity contribution in [3.8, 4) is 12.1 Å². The molecule has 0 radical (unpaired) electrons. The topological polar surface area (TPSA) is 119 Å². The zero-order valence-electron chi connectivity index (χ0n) is 13.5. The number of hydrogen-bond acceptors (Lipinski definition) is 7. The van der Waals surface area contributed by atoms with Crippen molar-refractivity contribution in [3.63, 3.8) is 0 Å². The van der Waals surface area contributed by atoms with Crippen molar-refractivity contribution in [1.82, 2.24) is 9.55 Å². The first kappa shape index (κ1) is 15.5. The second-order valence-electron chi connectivity index (χ2n) is 5.66. The number of aromatic nitrogens is 2. The van der Waals surface area contributed by atoms with Crippen LogP contribution >= 0.6 is 0 Å². The van der Waals surface area contributed by atoms with Crippen molar-refractivity contribution in [2.45, 2.75) is 12.8 Å². The van der Waals surface area contributed by atoms with Crippen LogP contribution in [0.2, 0.25) is 0 Å². The molecular formula is C16H16N8. The van der Waals surface area contributed by atoms with Crippen LogP contribution in [0.1, 0.15) is 23.4 Å². The Morgan fingerprint density at radius 2 is 2.00 bits per heavy atom. The highest BCUT2D eigenvalue weighted by Gasteiger charge is 2.17. The van der Waals surface area contributed by atoms with E-state index in [0.29, 0.717) is 11.4 Å². The number of nitrogens with two attached hydrogens (primary N) is 1. The number of anilines is 2. The molecule has 1 aliphatic rings. The molecule has 0 saturated heterocycles. The van der Waals surface area contributed by atoms with E-state index < -0.39 is 0 Å². The Hall–Kier alpha value is -3.39. The van der Waals surface area contributed by atoms with Crippen LogP contribution in [0.4, 0.5) is 23.0 Å². The van der Waals surface area contributed by atoms with E-state index in [1.807, 2.05) is 31.3 Å². The van der Waals surface area contributed by atoms with Gasteiger partial charge in [0, 0.05) is 26.3 Å². The standard InChI is InChI=1S/C16H16N8/c1-23-5-3-4-10-6-12(11(19)7-14(10)23)21-22-16-20-13(8-17)15(9-18)24(16)2/h6-7H,3-5,19H2,1-2H3. The second kappa shape index (κ2) is 6.01. The number of fused-ring (bicyclic) bond motifs is 1. The van der Waals surface area contributed by atoms with Crippen LogP contribution in [0.5, 0.6) is 0 Å². The van der Waals surface area contributed by atoms with Gasteiger partial charge in [-0.2, -0.15) is 15.5 Å². The number of azo groups is 1. The van der Waals surface area contributed by atoms with E-state index in [1.54, 1.807) is 7.05 Å². The van der Waals surface area contributed by atoms with Gasteiger partial charge >= 0.3 is 0 Å². The first-order valence-electron chi connectivity index (χ1n) is 7.47. The number of nitrogen functional groups attached to an aromatic ring is 1. The zero-order chi connectivity index (χ0) is 17.3. The van der Waals surface area contributed by atoms with Crippen molar-refractivity contribution in [2.24, 2.45) is 17.3 Å². The lowest BCUT2D eigenvalue weighted by Crippen LogP contribution is -2.24. The first-order valence-corrected chi connectivity index (χ1v) is 7.47. The van der Waals surface area contributed by atoms with E-state index in [0.717, 1.165) is 25.1 Å². The predicted molar refractivity (Wildman–Crippen MR) is 89.3 cm³/mol. The molecule has 1 aliphatic heterocycles. The Morgan fingerprint density at radius 3 is 2.67 bits per heavy atom. The molecule has 0 spiro atoms. The molecular weight excluding hydrogens is 304 g/mol. The van der Waals surface area contributed by atoms with E-state index in [2.05, 4.69) is 20.1 Å². The third-order valence-corrected chi connectivity index (χ3v) is 4.11. The summed E-state index contributed by atoms with van der Waals surface area (Å²) < 4.78 is 1.43. The fourth-order valence-corrected chi connectivity index (χ4v) is 2.79. The van der Waals surface area contributed by atoms with Gasteiger partial charge in [0.25, 0.3) is 5.95 Å². The molecule has 24 heavy (non-hydrogen) atoms. The number of imidazole rings is 1. The van der Waals surface area contributed by atoms with Gasteiger partial charge in [-0.1, -0.05) is 0 Å². The minimum absolute atomic E-state index is 0.0361. The molecule has 3 rings (SSSR count). The third-order valence-electron chi connectivity index (χ3n) is 4.11. The molecule has 0 bridgehead atoms. The lowest BCUT2D eigenvalue weighted by atomic mass is 10.0. The summed E-state index contributed by atoms with van der Waals surface area (Å²) in [5, 5.41) is 26.3.